The molecule has 0 bridgehead atoms. The number of amides is 1. The number of halogens is 1. The third kappa shape index (κ3) is 3.14. The highest BCUT2D eigenvalue weighted by molar-refractivity contribution is 6.18. The largest absolute Gasteiger partial charge is 0.374 e. The van der Waals surface area contributed by atoms with Crippen molar-refractivity contribution < 1.29 is 9.53 Å². The minimum absolute atomic E-state index is 0.00473. The first-order valence-corrected chi connectivity index (χ1v) is 8.45. The Morgan fingerprint density at radius 1 is 1.20 bits per heavy atom. The van der Waals surface area contributed by atoms with Crippen LogP contribution in [0.2, 0.25) is 0 Å². The molecule has 1 heterocycles. The van der Waals surface area contributed by atoms with Crippen molar-refractivity contribution in [2.75, 3.05) is 5.88 Å². The van der Waals surface area contributed by atoms with Crippen molar-refractivity contribution >= 4 is 17.5 Å². The van der Waals surface area contributed by atoms with Gasteiger partial charge in [-0.1, -0.05) is 13.8 Å². The van der Waals surface area contributed by atoms with Crippen molar-refractivity contribution in [3.05, 3.63) is 0 Å². The lowest BCUT2D eigenvalue weighted by molar-refractivity contribution is -0.129. The van der Waals surface area contributed by atoms with E-state index in [4.69, 9.17) is 16.3 Å². The summed E-state index contributed by atoms with van der Waals surface area (Å²) in [5.41, 5.74) is -0.198. The van der Waals surface area contributed by atoms with E-state index in [1.807, 2.05) is 13.8 Å². The Morgan fingerprint density at radius 2 is 1.80 bits per heavy atom. The number of rotatable bonds is 3. The monoisotopic (exact) mass is 301 g/mol. The first-order valence-electron chi connectivity index (χ1n) is 7.92. The first kappa shape index (κ1) is 16.1. The molecule has 1 amide bonds. The lowest BCUT2D eigenvalue weighted by Gasteiger charge is -2.40. The standard InChI is InChI=1S/C16H28ClNO2/c1-10-5-7-16(9-17,8-6-10)18-15(19)14-11(2)12(3)20-13(14)4/h10-14H,5-9H2,1-4H3,(H,18,19). The number of ether oxygens (including phenoxy) is 1. The Hall–Kier alpha value is -0.280. The zero-order chi connectivity index (χ0) is 14.9. The average molecular weight is 302 g/mol. The fourth-order valence-corrected chi connectivity index (χ4v) is 4.00. The van der Waals surface area contributed by atoms with Crippen molar-refractivity contribution in [2.24, 2.45) is 17.8 Å². The van der Waals surface area contributed by atoms with Crippen LogP contribution >= 0.6 is 11.6 Å². The Kier molecular flexibility index (Phi) is 5.01. The minimum Gasteiger partial charge on any atom is -0.374 e. The van der Waals surface area contributed by atoms with Crippen LogP contribution in [0.15, 0.2) is 0 Å². The predicted molar refractivity (Wildman–Crippen MR) is 81.9 cm³/mol. The van der Waals surface area contributed by atoms with Crippen molar-refractivity contribution in [1.29, 1.82) is 0 Å². The smallest absolute Gasteiger partial charge is 0.226 e. The quantitative estimate of drug-likeness (QED) is 0.812. The number of carbonyl (C=O) groups is 1. The summed E-state index contributed by atoms with van der Waals surface area (Å²) in [5.74, 6) is 1.60. The lowest BCUT2D eigenvalue weighted by Crippen LogP contribution is -2.55. The molecule has 0 spiro atoms. The molecule has 2 rings (SSSR count). The highest BCUT2D eigenvalue weighted by atomic mass is 35.5. The van der Waals surface area contributed by atoms with Gasteiger partial charge in [-0.3, -0.25) is 4.79 Å². The second kappa shape index (κ2) is 6.23. The van der Waals surface area contributed by atoms with Gasteiger partial charge in [-0.25, -0.2) is 0 Å². The fourth-order valence-electron chi connectivity index (χ4n) is 3.67. The van der Waals surface area contributed by atoms with Gasteiger partial charge in [0.25, 0.3) is 0 Å². The van der Waals surface area contributed by atoms with Gasteiger partial charge in [-0.05, 0) is 51.4 Å². The van der Waals surface area contributed by atoms with Crippen LogP contribution in [-0.4, -0.2) is 29.5 Å². The summed E-state index contributed by atoms with van der Waals surface area (Å²) >= 11 is 6.19. The van der Waals surface area contributed by atoms with Gasteiger partial charge in [-0.2, -0.15) is 0 Å². The third-order valence-corrected chi connectivity index (χ3v) is 5.93. The van der Waals surface area contributed by atoms with E-state index in [9.17, 15) is 4.79 Å². The summed E-state index contributed by atoms with van der Waals surface area (Å²) in [7, 11) is 0. The second-order valence-electron chi connectivity index (χ2n) is 7.02. The van der Waals surface area contributed by atoms with Crippen LogP contribution in [0, 0.1) is 17.8 Å². The van der Waals surface area contributed by atoms with Gasteiger partial charge in [0, 0.05) is 5.88 Å². The molecule has 0 aromatic heterocycles. The maximum atomic E-state index is 12.7. The van der Waals surface area contributed by atoms with Crippen molar-refractivity contribution in [2.45, 2.75) is 71.1 Å². The number of alkyl halides is 1. The SMILES string of the molecule is CC1CCC(CCl)(NC(=O)C2C(C)OC(C)C2C)CC1. The Balaban J connectivity index is 2.02. The lowest BCUT2D eigenvalue weighted by atomic mass is 9.77. The molecule has 0 aromatic rings. The van der Waals surface area contributed by atoms with Crippen LogP contribution in [-0.2, 0) is 9.53 Å². The summed E-state index contributed by atoms with van der Waals surface area (Å²) in [6.07, 6.45) is 4.43. The third-order valence-electron chi connectivity index (χ3n) is 5.42. The predicted octanol–water partition coefficient (Wildman–Crippen LogP) is 3.35. The number of nitrogens with one attached hydrogen (secondary N) is 1. The summed E-state index contributed by atoms with van der Waals surface area (Å²) in [6, 6.07) is 0. The minimum atomic E-state index is -0.198. The molecule has 1 N–H and O–H groups in total. The van der Waals surface area contributed by atoms with E-state index in [2.05, 4.69) is 19.2 Å². The average Bonchev–Trinajstić information content (AvgIpc) is 2.66. The molecule has 2 aliphatic rings. The molecule has 3 nitrogen and oxygen atoms in total. The maximum Gasteiger partial charge on any atom is 0.226 e. The Morgan fingerprint density at radius 3 is 2.25 bits per heavy atom. The summed E-state index contributed by atoms with van der Waals surface area (Å²) < 4.78 is 5.79. The van der Waals surface area contributed by atoms with E-state index < -0.39 is 0 Å². The molecule has 4 atom stereocenters. The van der Waals surface area contributed by atoms with Crippen LogP contribution in [0.5, 0.6) is 0 Å². The fraction of sp³-hybridized carbons (Fsp3) is 0.938. The summed E-state index contributed by atoms with van der Waals surface area (Å²) in [6.45, 7) is 8.43. The van der Waals surface area contributed by atoms with E-state index in [1.54, 1.807) is 0 Å². The van der Waals surface area contributed by atoms with Gasteiger partial charge in [0.05, 0.1) is 23.7 Å². The zero-order valence-corrected chi connectivity index (χ0v) is 13.9. The van der Waals surface area contributed by atoms with Gasteiger partial charge in [-0.15, -0.1) is 11.6 Å². The van der Waals surface area contributed by atoms with Crippen LogP contribution in [0.1, 0.15) is 53.4 Å². The Bertz CT molecular complexity index is 352. The van der Waals surface area contributed by atoms with E-state index in [-0.39, 0.29) is 35.5 Å². The van der Waals surface area contributed by atoms with Crippen LogP contribution in [0.25, 0.3) is 0 Å². The summed E-state index contributed by atoms with van der Waals surface area (Å²) in [5, 5.41) is 3.28. The molecule has 1 saturated carbocycles. The highest BCUT2D eigenvalue weighted by Crippen LogP contribution is 2.36. The normalized spacial score (nSPS) is 45.4. The molecule has 0 radical (unpaired) electrons. The van der Waals surface area contributed by atoms with Crippen molar-refractivity contribution in [3.63, 3.8) is 0 Å². The van der Waals surface area contributed by atoms with E-state index >= 15 is 0 Å². The number of hydrogen-bond donors (Lipinski definition) is 1. The van der Waals surface area contributed by atoms with E-state index in [1.165, 1.54) is 0 Å². The molecule has 1 aliphatic carbocycles. The topological polar surface area (TPSA) is 38.3 Å². The number of carbonyl (C=O) groups excluding carboxylic acids is 1. The molecule has 0 aromatic carbocycles. The molecule has 4 unspecified atom stereocenters. The Labute approximate surface area is 127 Å². The van der Waals surface area contributed by atoms with Crippen LogP contribution < -0.4 is 5.32 Å². The molecule has 4 heteroatoms. The number of hydrogen-bond acceptors (Lipinski definition) is 2. The van der Waals surface area contributed by atoms with Gasteiger partial charge in [0.1, 0.15) is 0 Å². The molecule has 2 fully saturated rings. The first-order chi connectivity index (χ1) is 9.38. The molecule has 20 heavy (non-hydrogen) atoms. The zero-order valence-electron chi connectivity index (χ0n) is 13.1. The van der Waals surface area contributed by atoms with E-state index in [0.717, 1.165) is 31.6 Å². The van der Waals surface area contributed by atoms with Gasteiger partial charge >= 0.3 is 0 Å². The molecule has 116 valence electrons. The molecule has 1 aliphatic heterocycles. The summed E-state index contributed by atoms with van der Waals surface area (Å²) in [4.78, 5) is 12.7. The van der Waals surface area contributed by atoms with Crippen LogP contribution in [0.3, 0.4) is 0 Å². The van der Waals surface area contributed by atoms with Crippen molar-refractivity contribution in [1.82, 2.24) is 5.32 Å². The van der Waals surface area contributed by atoms with E-state index in [0.29, 0.717) is 5.88 Å². The van der Waals surface area contributed by atoms with Crippen LogP contribution in [0.4, 0.5) is 0 Å². The van der Waals surface area contributed by atoms with Gasteiger partial charge in [0.15, 0.2) is 0 Å². The maximum absolute atomic E-state index is 12.7. The highest BCUT2D eigenvalue weighted by Gasteiger charge is 2.44. The van der Waals surface area contributed by atoms with Gasteiger partial charge < -0.3 is 10.1 Å². The van der Waals surface area contributed by atoms with Gasteiger partial charge in [0.2, 0.25) is 5.91 Å². The second-order valence-corrected chi connectivity index (χ2v) is 7.28. The van der Waals surface area contributed by atoms with Crippen molar-refractivity contribution in [3.8, 4) is 0 Å². The molecular weight excluding hydrogens is 274 g/mol. The molecule has 1 saturated heterocycles. The molecular formula is C16H28ClNO2.